The fourth-order valence-electron chi connectivity index (χ4n) is 4.62. The number of benzene rings is 2. The number of nitrogens with one attached hydrogen (secondary N) is 1. The molecular formula is C27H36N2O5Si. The van der Waals surface area contributed by atoms with Crippen LogP contribution in [0.25, 0.3) is 0 Å². The van der Waals surface area contributed by atoms with Crippen LogP contribution in [0.3, 0.4) is 0 Å². The summed E-state index contributed by atoms with van der Waals surface area (Å²) in [6.45, 7) is 12.0. The van der Waals surface area contributed by atoms with E-state index in [1.807, 2.05) is 57.2 Å². The molecule has 1 heterocycles. The maximum atomic E-state index is 12.9. The van der Waals surface area contributed by atoms with Crippen LogP contribution >= 0.6 is 0 Å². The fraction of sp³-hybridized carbons (Fsp3) is 0.444. The first-order valence-corrected chi connectivity index (χ1v) is 13.8. The van der Waals surface area contributed by atoms with E-state index in [0.717, 1.165) is 10.4 Å². The molecular weight excluding hydrogens is 460 g/mol. The quantitative estimate of drug-likeness (QED) is 0.275. The van der Waals surface area contributed by atoms with Crippen molar-refractivity contribution in [3.8, 4) is 0 Å². The Labute approximate surface area is 208 Å². The van der Waals surface area contributed by atoms with Crippen molar-refractivity contribution in [2.45, 2.75) is 64.2 Å². The third-order valence-electron chi connectivity index (χ3n) is 6.14. The molecule has 188 valence electrons. The van der Waals surface area contributed by atoms with E-state index >= 15 is 0 Å². The van der Waals surface area contributed by atoms with Gasteiger partial charge in [-0.25, -0.2) is 4.79 Å². The summed E-state index contributed by atoms with van der Waals surface area (Å²) in [4.78, 5) is 38.8. The Hall–Kier alpha value is -2.97. The van der Waals surface area contributed by atoms with Gasteiger partial charge >= 0.3 is 5.97 Å². The predicted molar refractivity (Wildman–Crippen MR) is 138 cm³/mol. The minimum atomic E-state index is -2.86. The number of rotatable bonds is 7. The topological polar surface area (TPSA) is 84.9 Å². The van der Waals surface area contributed by atoms with Gasteiger partial charge in [0.2, 0.25) is 12.5 Å². The third-order valence-corrected chi connectivity index (χ3v) is 11.1. The van der Waals surface area contributed by atoms with E-state index in [2.05, 4.69) is 50.4 Å². The maximum Gasteiger partial charge on any atom is 0.338 e. The molecule has 35 heavy (non-hydrogen) atoms. The van der Waals surface area contributed by atoms with Crippen LogP contribution in [0.15, 0.2) is 60.7 Å². The number of nitrogens with zero attached hydrogens (tertiary/aromatic N) is 1. The summed E-state index contributed by atoms with van der Waals surface area (Å²) in [5.74, 6) is -1.30. The molecule has 1 fully saturated rings. The number of hydrogen-bond acceptors (Lipinski definition) is 5. The standard InChI is InChI=1S/C27H36N2O5Si/c1-26(2,3)28-24(31)23-25(32)33-17-20(29(23)19-30)18-34-35(27(4,5)6,21-13-9-7-10-14-21)22-15-11-8-12-16-22/h7-16,19-20,23H,17-18H2,1-6H3,(H,28,31)/t20-,23+/m1/s1. The molecule has 2 aromatic rings. The summed E-state index contributed by atoms with van der Waals surface area (Å²) in [6.07, 6.45) is 0.548. The van der Waals surface area contributed by atoms with Gasteiger partial charge in [0, 0.05) is 5.54 Å². The lowest BCUT2D eigenvalue weighted by Gasteiger charge is -2.45. The molecule has 8 heteroatoms. The number of carbonyl (C=O) groups excluding carboxylic acids is 3. The molecule has 2 amide bonds. The van der Waals surface area contributed by atoms with Crippen molar-refractivity contribution in [3.63, 3.8) is 0 Å². The third kappa shape index (κ3) is 5.65. The second-order valence-electron chi connectivity index (χ2n) is 11.0. The first-order chi connectivity index (χ1) is 16.4. The van der Waals surface area contributed by atoms with Crippen LogP contribution in [0.5, 0.6) is 0 Å². The second-order valence-corrected chi connectivity index (χ2v) is 15.3. The largest absolute Gasteiger partial charge is 0.461 e. The molecule has 1 saturated heterocycles. The number of esters is 1. The highest BCUT2D eigenvalue weighted by Crippen LogP contribution is 2.37. The van der Waals surface area contributed by atoms with Gasteiger partial charge in [-0.3, -0.25) is 9.59 Å². The number of morpholine rings is 1. The van der Waals surface area contributed by atoms with Gasteiger partial charge < -0.3 is 19.4 Å². The lowest BCUT2D eigenvalue weighted by Crippen LogP contribution is -2.69. The van der Waals surface area contributed by atoms with Gasteiger partial charge in [0.15, 0.2) is 0 Å². The summed E-state index contributed by atoms with van der Waals surface area (Å²) in [7, 11) is -2.86. The van der Waals surface area contributed by atoms with E-state index in [0.29, 0.717) is 6.41 Å². The van der Waals surface area contributed by atoms with Crippen LogP contribution in [0.4, 0.5) is 0 Å². The van der Waals surface area contributed by atoms with Crippen molar-refractivity contribution < 1.29 is 23.5 Å². The zero-order valence-corrected chi connectivity index (χ0v) is 22.4. The molecule has 0 bridgehead atoms. The van der Waals surface area contributed by atoms with Crippen molar-refractivity contribution in [1.29, 1.82) is 0 Å². The van der Waals surface area contributed by atoms with Crippen LogP contribution in [-0.2, 0) is 23.5 Å². The normalized spacial score (nSPS) is 19.1. The SMILES string of the molecule is CC(C)(C)NC(=O)[C@H]1C(=O)OC[C@H](CO[Si](c2ccccc2)(c2ccccc2)C(C)(C)C)N1C=O. The van der Waals surface area contributed by atoms with Crippen molar-refractivity contribution in [2.75, 3.05) is 13.2 Å². The Morgan fingerprint density at radius 2 is 1.54 bits per heavy atom. The van der Waals surface area contributed by atoms with E-state index in [4.69, 9.17) is 9.16 Å². The second kappa shape index (κ2) is 10.3. The number of hydrogen-bond donors (Lipinski definition) is 1. The summed E-state index contributed by atoms with van der Waals surface area (Å²) >= 11 is 0. The Kier molecular flexibility index (Phi) is 7.86. The summed E-state index contributed by atoms with van der Waals surface area (Å²) < 4.78 is 12.3. The number of amides is 2. The highest BCUT2D eigenvalue weighted by Gasteiger charge is 2.51. The van der Waals surface area contributed by atoms with Crippen LogP contribution in [0.1, 0.15) is 41.5 Å². The van der Waals surface area contributed by atoms with E-state index in [1.54, 1.807) is 0 Å². The molecule has 2 aromatic carbocycles. The maximum absolute atomic E-state index is 12.9. The highest BCUT2D eigenvalue weighted by atomic mass is 28.4. The van der Waals surface area contributed by atoms with Crippen LogP contribution < -0.4 is 15.7 Å². The van der Waals surface area contributed by atoms with Crippen molar-refractivity contribution >= 4 is 37.0 Å². The van der Waals surface area contributed by atoms with E-state index in [-0.39, 0.29) is 18.3 Å². The Morgan fingerprint density at radius 1 is 1.03 bits per heavy atom. The van der Waals surface area contributed by atoms with E-state index in [9.17, 15) is 14.4 Å². The molecule has 0 unspecified atom stereocenters. The Balaban J connectivity index is 1.98. The molecule has 1 N–H and O–H groups in total. The summed E-state index contributed by atoms with van der Waals surface area (Å²) in [5, 5.41) is 4.73. The average Bonchev–Trinajstić information content (AvgIpc) is 2.79. The molecule has 0 spiro atoms. The van der Waals surface area contributed by atoms with Crippen LogP contribution in [0.2, 0.25) is 5.04 Å². The first-order valence-electron chi connectivity index (χ1n) is 11.9. The van der Waals surface area contributed by atoms with Crippen LogP contribution in [0, 0.1) is 0 Å². The number of carbonyl (C=O) groups is 3. The van der Waals surface area contributed by atoms with Crippen molar-refractivity contribution in [2.24, 2.45) is 0 Å². The molecule has 0 aromatic heterocycles. The molecule has 0 saturated carbocycles. The molecule has 0 radical (unpaired) electrons. The minimum Gasteiger partial charge on any atom is -0.461 e. The molecule has 1 aliphatic rings. The van der Waals surface area contributed by atoms with Gasteiger partial charge in [-0.05, 0) is 36.2 Å². The Morgan fingerprint density at radius 3 is 1.97 bits per heavy atom. The lowest BCUT2D eigenvalue weighted by molar-refractivity contribution is -0.170. The van der Waals surface area contributed by atoms with Crippen LogP contribution in [-0.4, -0.2) is 62.3 Å². The zero-order valence-electron chi connectivity index (χ0n) is 21.4. The number of ether oxygens (including phenoxy) is 1. The molecule has 3 rings (SSSR count). The van der Waals surface area contributed by atoms with Gasteiger partial charge in [-0.1, -0.05) is 81.4 Å². The Bertz CT molecular complexity index is 992. The summed E-state index contributed by atoms with van der Waals surface area (Å²) in [6, 6.07) is 18.4. The van der Waals surface area contributed by atoms with Gasteiger partial charge in [0.1, 0.15) is 6.61 Å². The number of cyclic esters (lactones) is 1. The molecule has 0 aliphatic carbocycles. The molecule has 7 nitrogen and oxygen atoms in total. The average molecular weight is 497 g/mol. The van der Waals surface area contributed by atoms with E-state index < -0.39 is 37.8 Å². The van der Waals surface area contributed by atoms with E-state index in [1.165, 1.54) is 4.90 Å². The molecule has 1 aliphatic heterocycles. The van der Waals surface area contributed by atoms with Gasteiger partial charge in [0.25, 0.3) is 14.2 Å². The predicted octanol–water partition coefficient (Wildman–Crippen LogP) is 2.23. The lowest BCUT2D eigenvalue weighted by atomic mass is 10.1. The zero-order chi connectivity index (χ0) is 25.9. The smallest absolute Gasteiger partial charge is 0.338 e. The van der Waals surface area contributed by atoms with Gasteiger partial charge in [-0.15, -0.1) is 0 Å². The van der Waals surface area contributed by atoms with Crippen molar-refractivity contribution in [3.05, 3.63) is 60.7 Å². The fourth-order valence-corrected chi connectivity index (χ4v) is 9.22. The minimum absolute atomic E-state index is 0.0327. The molecule has 2 atom stereocenters. The van der Waals surface area contributed by atoms with Gasteiger partial charge in [-0.2, -0.15) is 0 Å². The highest BCUT2D eigenvalue weighted by molar-refractivity contribution is 6.99. The van der Waals surface area contributed by atoms with Crippen molar-refractivity contribution in [1.82, 2.24) is 10.2 Å². The summed E-state index contributed by atoms with van der Waals surface area (Å²) in [5.41, 5.74) is -0.565. The monoisotopic (exact) mass is 496 g/mol. The van der Waals surface area contributed by atoms with Gasteiger partial charge in [0.05, 0.1) is 12.6 Å². The first kappa shape index (κ1) is 26.6.